The summed E-state index contributed by atoms with van der Waals surface area (Å²) in [6.45, 7) is 0.371. The van der Waals surface area contributed by atoms with Crippen LogP contribution in [0, 0.1) is 11.3 Å². The first kappa shape index (κ1) is 9.28. The topological polar surface area (TPSA) is 68.4 Å². The van der Waals surface area contributed by atoms with Crippen LogP contribution in [0.5, 0.6) is 0 Å². The van der Waals surface area contributed by atoms with Crippen LogP contribution in [0.1, 0.15) is 11.1 Å². The second-order valence-electron chi connectivity index (χ2n) is 3.14. The molecule has 2 N–H and O–H groups in total. The molecular weight excluding hydrogens is 190 g/mol. The van der Waals surface area contributed by atoms with Gasteiger partial charge in [0.25, 0.3) is 0 Å². The molecule has 0 unspecified atom stereocenters. The van der Waals surface area contributed by atoms with Crippen molar-refractivity contribution in [2.45, 2.75) is 0 Å². The van der Waals surface area contributed by atoms with Gasteiger partial charge >= 0.3 is 0 Å². The highest BCUT2D eigenvalue weighted by Crippen LogP contribution is 2.07. The number of aliphatic imine (C=N–C) groups is 1. The predicted octanol–water partition coefficient (Wildman–Crippen LogP) is 1.31. The summed E-state index contributed by atoms with van der Waals surface area (Å²) in [5, 5.41) is 20.8. The first-order chi connectivity index (χ1) is 7.29. The Kier molecular flexibility index (Phi) is 2.38. The largest absolute Gasteiger partial charge is 0.509 e. The van der Waals surface area contributed by atoms with E-state index in [2.05, 4.69) is 16.4 Å². The van der Waals surface area contributed by atoms with Crippen molar-refractivity contribution < 1.29 is 5.11 Å². The second kappa shape index (κ2) is 3.84. The minimum atomic E-state index is 0.204. The summed E-state index contributed by atoms with van der Waals surface area (Å²) in [4.78, 5) is 4.04. The molecule has 1 aromatic carbocycles. The Hall–Kier alpha value is -2.28. The number of amidine groups is 1. The summed E-state index contributed by atoms with van der Waals surface area (Å²) >= 11 is 0. The Balaban J connectivity index is 2.35. The van der Waals surface area contributed by atoms with Gasteiger partial charge < -0.3 is 10.4 Å². The van der Waals surface area contributed by atoms with Crippen LogP contribution in [0.15, 0.2) is 41.2 Å². The molecule has 4 nitrogen and oxygen atoms in total. The Labute approximate surface area is 87.2 Å². The van der Waals surface area contributed by atoms with E-state index in [-0.39, 0.29) is 5.76 Å². The van der Waals surface area contributed by atoms with Crippen LogP contribution >= 0.6 is 0 Å². The number of benzene rings is 1. The average molecular weight is 199 g/mol. The fraction of sp³-hybridized carbons (Fsp3) is 0.0909. The van der Waals surface area contributed by atoms with E-state index in [0.717, 1.165) is 5.56 Å². The number of nitrogens with one attached hydrogen (secondary N) is 1. The average Bonchev–Trinajstić information content (AvgIpc) is 2.30. The Morgan fingerprint density at radius 2 is 2.33 bits per heavy atom. The summed E-state index contributed by atoms with van der Waals surface area (Å²) in [6, 6.07) is 9.22. The third-order valence-corrected chi connectivity index (χ3v) is 2.04. The van der Waals surface area contributed by atoms with Gasteiger partial charge in [0.2, 0.25) is 0 Å². The van der Waals surface area contributed by atoms with Gasteiger partial charge in [-0.1, -0.05) is 12.1 Å². The number of nitriles is 1. The molecule has 2 rings (SSSR count). The van der Waals surface area contributed by atoms with Gasteiger partial charge in [0, 0.05) is 5.56 Å². The minimum absolute atomic E-state index is 0.204. The van der Waals surface area contributed by atoms with Gasteiger partial charge in [0.15, 0.2) is 0 Å². The van der Waals surface area contributed by atoms with Gasteiger partial charge in [-0.25, -0.2) is 4.99 Å². The van der Waals surface area contributed by atoms with Crippen molar-refractivity contribution in [2.24, 2.45) is 4.99 Å². The van der Waals surface area contributed by atoms with Crippen molar-refractivity contribution in [3.05, 3.63) is 47.4 Å². The number of hydrogen-bond donors (Lipinski definition) is 2. The van der Waals surface area contributed by atoms with E-state index in [9.17, 15) is 0 Å². The van der Waals surface area contributed by atoms with Crippen LogP contribution in [0.3, 0.4) is 0 Å². The van der Waals surface area contributed by atoms with Crippen LogP contribution in [0.4, 0.5) is 0 Å². The van der Waals surface area contributed by atoms with E-state index < -0.39 is 0 Å². The van der Waals surface area contributed by atoms with Crippen LogP contribution in [-0.4, -0.2) is 17.5 Å². The molecule has 0 saturated heterocycles. The van der Waals surface area contributed by atoms with Gasteiger partial charge in [0.05, 0.1) is 24.4 Å². The third kappa shape index (κ3) is 1.97. The van der Waals surface area contributed by atoms with Crippen LogP contribution in [-0.2, 0) is 0 Å². The molecule has 1 heterocycles. The highest BCUT2D eigenvalue weighted by Gasteiger charge is 2.07. The summed E-state index contributed by atoms with van der Waals surface area (Å²) in [6.07, 6.45) is 1.41. The fourth-order valence-electron chi connectivity index (χ4n) is 1.32. The van der Waals surface area contributed by atoms with E-state index in [1.165, 1.54) is 6.20 Å². The van der Waals surface area contributed by atoms with Crippen LogP contribution in [0.25, 0.3) is 0 Å². The fourth-order valence-corrected chi connectivity index (χ4v) is 1.32. The van der Waals surface area contributed by atoms with Gasteiger partial charge in [0.1, 0.15) is 11.6 Å². The maximum absolute atomic E-state index is 9.11. The van der Waals surface area contributed by atoms with Crippen LogP contribution < -0.4 is 5.32 Å². The minimum Gasteiger partial charge on any atom is -0.509 e. The molecular formula is C11H9N3O. The molecule has 4 heteroatoms. The van der Waals surface area contributed by atoms with E-state index in [4.69, 9.17) is 10.4 Å². The molecule has 0 bridgehead atoms. The van der Waals surface area contributed by atoms with Gasteiger partial charge in [-0.3, -0.25) is 0 Å². The van der Waals surface area contributed by atoms with Crippen molar-refractivity contribution in [3.8, 4) is 6.07 Å². The molecule has 1 aliphatic heterocycles. The molecule has 0 amide bonds. The predicted molar refractivity (Wildman–Crippen MR) is 56.4 cm³/mol. The number of rotatable bonds is 1. The normalized spacial score (nSPS) is 14.6. The van der Waals surface area contributed by atoms with Gasteiger partial charge in [-0.05, 0) is 12.1 Å². The molecule has 0 spiro atoms. The zero-order chi connectivity index (χ0) is 10.7. The molecule has 0 aliphatic carbocycles. The molecule has 0 saturated carbocycles. The molecule has 0 aromatic heterocycles. The van der Waals surface area contributed by atoms with E-state index in [1.54, 1.807) is 18.2 Å². The molecule has 74 valence electrons. The maximum Gasteiger partial charge on any atom is 0.133 e. The smallest absolute Gasteiger partial charge is 0.133 e. The van der Waals surface area contributed by atoms with E-state index in [0.29, 0.717) is 17.9 Å². The second-order valence-corrected chi connectivity index (χ2v) is 3.14. The first-order valence-corrected chi connectivity index (χ1v) is 4.50. The van der Waals surface area contributed by atoms with Crippen molar-refractivity contribution in [2.75, 3.05) is 6.54 Å². The van der Waals surface area contributed by atoms with Crippen molar-refractivity contribution in [1.29, 1.82) is 5.26 Å². The summed E-state index contributed by atoms with van der Waals surface area (Å²) in [5.41, 5.74) is 1.44. The molecule has 0 fully saturated rings. The van der Waals surface area contributed by atoms with Gasteiger partial charge in [-0.2, -0.15) is 5.26 Å². The first-order valence-electron chi connectivity index (χ1n) is 4.50. The van der Waals surface area contributed by atoms with Crippen molar-refractivity contribution in [1.82, 2.24) is 5.32 Å². The maximum atomic E-state index is 9.11. The number of nitrogens with zero attached hydrogens (tertiary/aromatic N) is 2. The van der Waals surface area contributed by atoms with Gasteiger partial charge in [-0.15, -0.1) is 0 Å². The summed E-state index contributed by atoms with van der Waals surface area (Å²) in [7, 11) is 0. The SMILES string of the molecule is N#Cc1cccc(C2=NC=C(O)CN2)c1. The summed E-state index contributed by atoms with van der Waals surface area (Å²) in [5.74, 6) is 0.875. The van der Waals surface area contributed by atoms with E-state index >= 15 is 0 Å². The molecule has 1 aromatic rings. The van der Waals surface area contributed by atoms with Crippen LogP contribution in [0.2, 0.25) is 0 Å². The summed E-state index contributed by atoms with van der Waals surface area (Å²) < 4.78 is 0. The third-order valence-electron chi connectivity index (χ3n) is 2.04. The lowest BCUT2D eigenvalue weighted by Gasteiger charge is -2.12. The van der Waals surface area contributed by atoms with Crippen molar-refractivity contribution >= 4 is 5.84 Å². The number of hydrogen-bond acceptors (Lipinski definition) is 4. The molecule has 0 atom stereocenters. The number of aliphatic hydroxyl groups excluding tert-OH is 1. The number of aliphatic hydroxyl groups is 1. The lowest BCUT2D eigenvalue weighted by atomic mass is 10.1. The molecule has 0 radical (unpaired) electrons. The quantitative estimate of drug-likeness (QED) is 0.716. The standard InChI is InChI=1S/C11H9N3O/c12-5-8-2-1-3-9(4-8)11-13-6-10(15)7-14-11/h1-4,6,15H,7H2,(H,13,14). The highest BCUT2D eigenvalue weighted by molar-refractivity contribution is 5.99. The lowest BCUT2D eigenvalue weighted by molar-refractivity contribution is 0.394. The van der Waals surface area contributed by atoms with E-state index in [1.807, 2.05) is 6.07 Å². The zero-order valence-corrected chi connectivity index (χ0v) is 7.94. The Bertz CT molecular complexity index is 483. The highest BCUT2D eigenvalue weighted by atomic mass is 16.3. The molecule has 15 heavy (non-hydrogen) atoms. The van der Waals surface area contributed by atoms with Crippen molar-refractivity contribution in [3.63, 3.8) is 0 Å². The lowest BCUT2D eigenvalue weighted by Crippen LogP contribution is -2.29. The Morgan fingerprint density at radius 3 is 3.00 bits per heavy atom. The Morgan fingerprint density at radius 1 is 1.47 bits per heavy atom. The zero-order valence-electron chi connectivity index (χ0n) is 7.94. The molecule has 1 aliphatic rings. The monoisotopic (exact) mass is 199 g/mol.